The molecule has 1 saturated heterocycles. The fourth-order valence-corrected chi connectivity index (χ4v) is 3.78. The van der Waals surface area contributed by atoms with Gasteiger partial charge in [0.1, 0.15) is 24.9 Å². The van der Waals surface area contributed by atoms with Gasteiger partial charge in [0.15, 0.2) is 11.5 Å². The van der Waals surface area contributed by atoms with E-state index in [1.54, 1.807) is 18.1 Å². The first kappa shape index (κ1) is 21.4. The molecule has 8 nitrogen and oxygen atoms in total. The average molecular weight is 432 g/mol. The minimum atomic E-state index is -0.501. The largest absolute Gasteiger partial charge is 0.493 e. The average Bonchev–Trinajstić information content (AvgIpc) is 2.83. The Hall–Kier alpha value is -3.83. The summed E-state index contributed by atoms with van der Waals surface area (Å²) in [5.41, 5.74) is 2.27. The molecule has 32 heavy (non-hydrogen) atoms. The number of hydrogen-bond acceptors (Lipinski definition) is 7. The quantitative estimate of drug-likeness (QED) is 0.578. The molecule has 1 unspecified atom stereocenters. The van der Waals surface area contributed by atoms with Crippen LogP contribution in [0.15, 0.2) is 42.7 Å². The van der Waals surface area contributed by atoms with E-state index in [9.17, 15) is 4.79 Å². The zero-order valence-electron chi connectivity index (χ0n) is 17.7. The van der Waals surface area contributed by atoms with Gasteiger partial charge in [-0.15, -0.1) is 6.42 Å². The fourth-order valence-electron chi connectivity index (χ4n) is 3.78. The fraction of sp³-hybridized carbons (Fsp3) is 0.292. The first-order valence-electron chi connectivity index (χ1n) is 10.3. The second kappa shape index (κ2) is 9.54. The van der Waals surface area contributed by atoms with Crippen molar-refractivity contribution in [2.45, 2.75) is 18.9 Å². The molecule has 1 fully saturated rings. The smallest absolute Gasteiger partial charge is 0.248 e. The van der Waals surface area contributed by atoms with Gasteiger partial charge in [-0.3, -0.25) is 4.79 Å². The van der Waals surface area contributed by atoms with Gasteiger partial charge in [0.25, 0.3) is 0 Å². The molecule has 4 rings (SSSR count). The minimum absolute atomic E-state index is 0.209. The van der Waals surface area contributed by atoms with Gasteiger partial charge in [-0.1, -0.05) is 12.0 Å². The maximum absolute atomic E-state index is 11.9. The van der Waals surface area contributed by atoms with E-state index in [1.165, 1.54) is 6.33 Å². The Labute approximate surface area is 186 Å². The van der Waals surface area contributed by atoms with Crippen molar-refractivity contribution in [3.63, 3.8) is 0 Å². The highest BCUT2D eigenvalue weighted by Gasteiger charge is 2.25. The molecule has 0 bridgehead atoms. The van der Waals surface area contributed by atoms with E-state index < -0.39 is 6.61 Å². The number of anilines is 2. The van der Waals surface area contributed by atoms with E-state index in [2.05, 4.69) is 21.2 Å². The van der Waals surface area contributed by atoms with Gasteiger partial charge in [0.05, 0.1) is 19.2 Å². The van der Waals surface area contributed by atoms with Crippen molar-refractivity contribution in [2.24, 2.45) is 0 Å². The number of ether oxygens (including phenoxy) is 2. The lowest BCUT2D eigenvalue weighted by Gasteiger charge is -2.32. The number of carbonyl (C=O) groups excluding carboxylic acids is 1. The Kier molecular flexibility index (Phi) is 6.38. The number of hydrogen-bond donors (Lipinski definition) is 2. The summed E-state index contributed by atoms with van der Waals surface area (Å²) in [4.78, 5) is 22.3. The summed E-state index contributed by atoms with van der Waals surface area (Å²) in [6.45, 7) is 0.530. The van der Waals surface area contributed by atoms with Crippen LogP contribution >= 0.6 is 0 Å². The van der Waals surface area contributed by atoms with Gasteiger partial charge in [-0.2, -0.15) is 0 Å². The Bertz CT molecular complexity index is 1170. The minimum Gasteiger partial charge on any atom is -0.493 e. The summed E-state index contributed by atoms with van der Waals surface area (Å²) >= 11 is 0. The molecule has 0 saturated carbocycles. The van der Waals surface area contributed by atoms with E-state index in [0.29, 0.717) is 35.9 Å². The number of methoxy groups -OCH3 is 1. The summed E-state index contributed by atoms with van der Waals surface area (Å²) in [5, 5.41) is 13.2. The van der Waals surface area contributed by atoms with Crippen LogP contribution in [0.5, 0.6) is 11.5 Å². The van der Waals surface area contributed by atoms with Crippen molar-refractivity contribution in [3.8, 4) is 23.8 Å². The number of benzene rings is 2. The molecule has 8 heteroatoms. The van der Waals surface area contributed by atoms with Crippen LogP contribution in [0.4, 0.5) is 11.5 Å². The topological polar surface area (TPSA) is 96.8 Å². The molecule has 0 spiro atoms. The van der Waals surface area contributed by atoms with Gasteiger partial charge in [-0.25, -0.2) is 9.97 Å². The van der Waals surface area contributed by atoms with E-state index in [4.69, 9.17) is 21.0 Å². The number of amides is 1. The number of rotatable bonds is 6. The highest BCUT2D eigenvalue weighted by atomic mass is 16.5. The summed E-state index contributed by atoms with van der Waals surface area (Å²) in [6.07, 6.45) is 8.38. The van der Waals surface area contributed by atoms with Crippen LogP contribution in [-0.2, 0) is 4.79 Å². The molecule has 2 aromatic carbocycles. The lowest BCUT2D eigenvalue weighted by molar-refractivity contribution is -0.136. The van der Waals surface area contributed by atoms with Crippen LogP contribution < -0.4 is 14.8 Å². The molecule has 1 aliphatic heterocycles. The normalized spacial score (nSPS) is 15.8. The van der Waals surface area contributed by atoms with Crippen LogP contribution in [0.3, 0.4) is 0 Å². The Morgan fingerprint density at radius 1 is 1.31 bits per heavy atom. The van der Waals surface area contributed by atoms with Crippen molar-refractivity contribution in [3.05, 3.63) is 48.3 Å². The number of aliphatic hydroxyl groups excluding tert-OH is 1. The molecule has 1 aliphatic rings. The third-order valence-corrected chi connectivity index (χ3v) is 5.37. The molecule has 1 atom stereocenters. The van der Waals surface area contributed by atoms with Crippen LogP contribution in [0, 0.1) is 12.3 Å². The van der Waals surface area contributed by atoms with E-state index in [1.807, 2.05) is 30.3 Å². The van der Waals surface area contributed by atoms with E-state index in [-0.39, 0.29) is 12.0 Å². The van der Waals surface area contributed by atoms with Gasteiger partial charge in [0.2, 0.25) is 5.91 Å². The third-order valence-electron chi connectivity index (χ3n) is 5.37. The predicted molar refractivity (Wildman–Crippen MR) is 121 cm³/mol. The zero-order valence-corrected chi connectivity index (χ0v) is 17.7. The van der Waals surface area contributed by atoms with Crippen LogP contribution in [-0.4, -0.2) is 58.8 Å². The number of aromatic nitrogens is 2. The van der Waals surface area contributed by atoms with E-state index >= 15 is 0 Å². The number of likely N-dealkylation sites (tertiary alicyclic amines) is 1. The number of terminal acetylenes is 1. The van der Waals surface area contributed by atoms with Crippen molar-refractivity contribution >= 4 is 28.3 Å². The Balaban J connectivity index is 1.65. The van der Waals surface area contributed by atoms with E-state index in [0.717, 1.165) is 29.5 Å². The number of piperidine rings is 1. The molecular formula is C24H24N4O4. The van der Waals surface area contributed by atoms with Crippen LogP contribution in [0.1, 0.15) is 18.4 Å². The first-order chi connectivity index (χ1) is 15.6. The highest BCUT2D eigenvalue weighted by molar-refractivity contribution is 5.93. The predicted octanol–water partition coefficient (Wildman–Crippen LogP) is 2.73. The summed E-state index contributed by atoms with van der Waals surface area (Å²) in [5.74, 6) is 4.02. The number of fused-ring (bicyclic) bond motifs is 1. The summed E-state index contributed by atoms with van der Waals surface area (Å²) < 4.78 is 11.8. The number of carbonyl (C=O) groups is 1. The van der Waals surface area contributed by atoms with Gasteiger partial charge in [0, 0.05) is 29.2 Å². The number of nitrogens with one attached hydrogen (secondary N) is 1. The Morgan fingerprint density at radius 2 is 2.19 bits per heavy atom. The first-order valence-corrected chi connectivity index (χ1v) is 10.3. The number of nitrogens with zero attached hydrogens (tertiary/aromatic N) is 3. The molecule has 164 valence electrons. The Morgan fingerprint density at radius 3 is 2.97 bits per heavy atom. The maximum atomic E-state index is 11.9. The second-order valence-electron chi connectivity index (χ2n) is 7.47. The van der Waals surface area contributed by atoms with Crippen LogP contribution in [0.2, 0.25) is 0 Å². The van der Waals surface area contributed by atoms with Crippen molar-refractivity contribution in [1.82, 2.24) is 14.9 Å². The number of aliphatic hydroxyl groups is 1. The van der Waals surface area contributed by atoms with Crippen molar-refractivity contribution in [2.75, 3.05) is 32.1 Å². The highest BCUT2D eigenvalue weighted by Crippen LogP contribution is 2.36. The standard InChI is InChI=1S/C24H24N4O4/c1-3-16-6-4-7-17(10-16)27-24-19-11-22(21(31-2)12-20(19)25-15-26-24)32-18-8-5-9-28(13-18)23(30)14-29/h1,4,6-7,10-12,15,18,29H,5,8-9,13-14H2,2H3,(H,25,26,27). The van der Waals surface area contributed by atoms with Crippen molar-refractivity contribution in [1.29, 1.82) is 0 Å². The van der Waals surface area contributed by atoms with Crippen molar-refractivity contribution < 1.29 is 19.4 Å². The molecule has 2 N–H and O–H groups in total. The second-order valence-corrected chi connectivity index (χ2v) is 7.47. The molecule has 0 radical (unpaired) electrons. The molecule has 2 heterocycles. The van der Waals surface area contributed by atoms with Crippen LogP contribution in [0.25, 0.3) is 10.9 Å². The van der Waals surface area contributed by atoms with Gasteiger partial charge < -0.3 is 24.8 Å². The molecule has 0 aliphatic carbocycles. The van der Waals surface area contributed by atoms with Gasteiger partial charge in [-0.05, 0) is 37.1 Å². The molecule has 3 aromatic rings. The summed E-state index contributed by atoms with van der Waals surface area (Å²) in [6, 6.07) is 11.1. The SMILES string of the molecule is C#Cc1cccc(Nc2ncnc3cc(OC)c(OC4CCCN(C(=O)CO)C4)cc23)c1. The monoisotopic (exact) mass is 432 g/mol. The lowest BCUT2D eigenvalue weighted by atomic mass is 10.1. The zero-order chi connectivity index (χ0) is 22.5. The molecule has 1 aromatic heterocycles. The summed E-state index contributed by atoms with van der Waals surface area (Å²) in [7, 11) is 1.57. The lowest BCUT2D eigenvalue weighted by Crippen LogP contribution is -2.45. The molecule has 1 amide bonds. The third kappa shape index (κ3) is 4.58. The molecular weight excluding hydrogens is 408 g/mol. The van der Waals surface area contributed by atoms with Gasteiger partial charge >= 0.3 is 0 Å². The maximum Gasteiger partial charge on any atom is 0.248 e.